The highest BCUT2D eigenvalue weighted by molar-refractivity contribution is 7.95. The Kier molecular flexibility index (Phi) is 4.49. The van der Waals surface area contributed by atoms with Crippen molar-refractivity contribution in [3.05, 3.63) is 53.2 Å². The van der Waals surface area contributed by atoms with Crippen molar-refractivity contribution >= 4 is 21.8 Å². The Morgan fingerprint density at radius 2 is 2.13 bits per heavy atom. The molecule has 1 fully saturated rings. The molecular weight excluding hydrogens is 314 g/mol. The minimum atomic E-state index is -3.57. The molecule has 1 unspecified atom stereocenters. The average Bonchev–Trinajstić information content (AvgIpc) is 3.17. The minimum absolute atomic E-state index is 0.177. The monoisotopic (exact) mass is 333 g/mol. The Hall–Kier alpha value is -2.12. The van der Waals surface area contributed by atoms with Gasteiger partial charge in [-0.15, -0.1) is 0 Å². The van der Waals surface area contributed by atoms with E-state index < -0.39 is 10.0 Å². The van der Waals surface area contributed by atoms with E-state index in [1.807, 2.05) is 31.2 Å². The Balaban J connectivity index is 1.67. The molecule has 1 N–H and O–H groups in total. The standard InChI is InChI=1S/C16H19N3O3S/c1-13-2-4-14(5-3-13)7-9-23(20,21)18-15-10-17-19(11-15)16-6-8-22-12-16/h2-5,7,9-11,16,18H,6,8,12H2,1H3. The second kappa shape index (κ2) is 6.55. The molecular formula is C16H19N3O3S. The van der Waals surface area contributed by atoms with Crippen LogP contribution in [0.1, 0.15) is 23.6 Å². The number of ether oxygens (including phenoxy) is 1. The van der Waals surface area contributed by atoms with Gasteiger partial charge in [0.2, 0.25) is 0 Å². The van der Waals surface area contributed by atoms with Crippen molar-refractivity contribution in [2.75, 3.05) is 17.9 Å². The lowest BCUT2D eigenvalue weighted by Crippen LogP contribution is -2.10. The quantitative estimate of drug-likeness (QED) is 0.913. The molecule has 1 aliphatic heterocycles. The van der Waals surface area contributed by atoms with Crippen LogP contribution in [-0.2, 0) is 14.8 Å². The van der Waals surface area contributed by atoms with Gasteiger partial charge in [-0.3, -0.25) is 9.40 Å². The zero-order valence-electron chi connectivity index (χ0n) is 12.8. The van der Waals surface area contributed by atoms with Crippen molar-refractivity contribution in [2.24, 2.45) is 0 Å². The van der Waals surface area contributed by atoms with Crippen molar-refractivity contribution in [2.45, 2.75) is 19.4 Å². The van der Waals surface area contributed by atoms with E-state index in [1.54, 1.807) is 17.0 Å². The molecule has 1 aromatic heterocycles. The van der Waals surface area contributed by atoms with Gasteiger partial charge in [-0.2, -0.15) is 5.10 Å². The van der Waals surface area contributed by atoms with Crippen LogP contribution in [0.15, 0.2) is 42.1 Å². The maximum absolute atomic E-state index is 12.1. The van der Waals surface area contributed by atoms with Gasteiger partial charge < -0.3 is 4.74 Å². The summed E-state index contributed by atoms with van der Waals surface area (Å²) in [4.78, 5) is 0. The third kappa shape index (κ3) is 4.20. The van der Waals surface area contributed by atoms with E-state index in [1.165, 1.54) is 6.20 Å². The maximum Gasteiger partial charge on any atom is 0.255 e. The van der Waals surface area contributed by atoms with Crippen LogP contribution >= 0.6 is 0 Å². The third-order valence-electron chi connectivity index (χ3n) is 3.66. The summed E-state index contributed by atoms with van der Waals surface area (Å²) in [6, 6.07) is 7.80. The fourth-order valence-electron chi connectivity index (χ4n) is 2.37. The third-order valence-corrected chi connectivity index (χ3v) is 4.67. The molecule has 7 heteroatoms. The van der Waals surface area contributed by atoms with Gasteiger partial charge >= 0.3 is 0 Å². The molecule has 0 aliphatic carbocycles. The molecule has 1 aliphatic rings. The normalized spacial score (nSPS) is 18.6. The Bertz CT molecular complexity index is 788. The second-order valence-electron chi connectivity index (χ2n) is 5.59. The molecule has 2 aromatic rings. The highest BCUT2D eigenvalue weighted by atomic mass is 32.2. The van der Waals surface area contributed by atoms with Gasteiger partial charge in [0.1, 0.15) is 0 Å². The molecule has 2 heterocycles. The summed E-state index contributed by atoms with van der Waals surface area (Å²) in [5.41, 5.74) is 2.41. The van der Waals surface area contributed by atoms with Crippen LogP contribution in [0.25, 0.3) is 6.08 Å². The molecule has 0 amide bonds. The molecule has 1 saturated heterocycles. The van der Waals surface area contributed by atoms with Crippen LogP contribution in [0.4, 0.5) is 5.69 Å². The van der Waals surface area contributed by atoms with E-state index in [0.29, 0.717) is 18.9 Å². The first-order valence-electron chi connectivity index (χ1n) is 7.41. The maximum atomic E-state index is 12.1. The number of aryl methyl sites for hydroxylation is 1. The summed E-state index contributed by atoms with van der Waals surface area (Å²) < 4.78 is 33.8. The van der Waals surface area contributed by atoms with Crippen LogP contribution in [0.5, 0.6) is 0 Å². The topological polar surface area (TPSA) is 73.2 Å². The van der Waals surface area contributed by atoms with Gasteiger partial charge in [-0.25, -0.2) is 8.42 Å². The fraction of sp³-hybridized carbons (Fsp3) is 0.312. The van der Waals surface area contributed by atoms with E-state index in [0.717, 1.165) is 23.0 Å². The first kappa shape index (κ1) is 15.8. The summed E-state index contributed by atoms with van der Waals surface area (Å²) in [7, 11) is -3.57. The van der Waals surface area contributed by atoms with Crippen molar-refractivity contribution in [1.29, 1.82) is 0 Å². The molecule has 122 valence electrons. The van der Waals surface area contributed by atoms with Gasteiger partial charge in [0.05, 0.1) is 29.9 Å². The Morgan fingerprint density at radius 3 is 2.83 bits per heavy atom. The number of nitrogens with zero attached hydrogens (tertiary/aromatic N) is 2. The molecule has 0 radical (unpaired) electrons. The van der Waals surface area contributed by atoms with Gasteiger partial charge in [0, 0.05) is 12.8 Å². The van der Waals surface area contributed by atoms with Gasteiger partial charge in [0.25, 0.3) is 10.0 Å². The van der Waals surface area contributed by atoms with E-state index >= 15 is 0 Å². The molecule has 1 aromatic carbocycles. The molecule has 0 saturated carbocycles. The number of hydrogen-bond acceptors (Lipinski definition) is 4. The fourth-order valence-corrected chi connectivity index (χ4v) is 3.20. The lowest BCUT2D eigenvalue weighted by Gasteiger charge is -2.06. The molecule has 3 rings (SSSR count). The SMILES string of the molecule is Cc1ccc(C=CS(=O)(=O)Nc2cnn(C3CCOC3)c2)cc1. The van der Waals surface area contributed by atoms with Crippen molar-refractivity contribution < 1.29 is 13.2 Å². The van der Waals surface area contributed by atoms with Crippen LogP contribution in [0.3, 0.4) is 0 Å². The number of aromatic nitrogens is 2. The second-order valence-corrected chi connectivity index (χ2v) is 7.15. The Morgan fingerprint density at radius 1 is 1.35 bits per heavy atom. The van der Waals surface area contributed by atoms with Gasteiger partial charge in [0.15, 0.2) is 0 Å². The first-order chi connectivity index (χ1) is 11.0. The molecule has 23 heavy (non-hydrogen) atoms. The first-order valence-corrected chi connectivity index (χ1v) is 8.96. The molecule has 0 spiro atoms. The lowest BCUT2D eigenvalue weighted by atomic mass is 10.2. The minimum Gasteiger partial charge on any atom is -0.379 e. The molecule has 1 atom stereocenters. The van der Waals surface area contributed by atoms with Gasteiger partial charge in [-0.05, 0) is 25.0 Å². The largest absolute Gasteiger partial charge is 0.379 e. The summed E-state index contributed by atoms with van der Waals surface area (Å²) in [5, 5.41) is 5.36. The number of benzene rings is 1. The lowest BCUT2D eigenvalue weighted by molar-refractivity contribution is 0.184. The Labute approximate surface area is 135 Å². The number of nitrogens with one attached hydrogen (secondary N) is 1. The smallest absolute Gasteiger partial charge is 0.255 e. The van der Waals surface area contributed by atoms with E-state index in [4.69, 9.17) is 4.74 Å². The van der Waals surface area contributed by atoms with Crippen LogP contribution < -0.4 is 4.72 Å². The number of sulfonamides is 1. The number of anilines is 1. The zero-order valence-corrected chi connectivity index (χ0v) is 13.7. The highest BCUT2D eigenvalue weighted by Gasteiger charge is 2.18. The molecule has 0 bridgehead atoms. The van der Waals surface area contributed by atoms with Crippen LogP contribution in [-0.4, -0.2) is 31.4 Å². The van der Waals surface area contributed by atoms with Crippen LogP contribution in [0.2, 0.25) is 0 Å². The van der Waals surface area contributed by atoms with E-state index in [9.17, 15) is 8.42 Å². The number of hydrogen-bond donors (Lipinski definition) is 1. The number of rotatable bonds is 5. The predicted molar refractivity (Wildman–Crippen MR) is 89.5 cm³/mol. The summed E-state index contributed by atoms with van der Waals surface area (Å²) in [6.07, 6.45) is 5.66. The summed E-state index contributed by atoms with van der Waals surface area (Å²) in [5.74, 6) is 0. The molecule has 6 nitrogen and oxygen atoms in total. The zero-order chi connectivity index (χ0) is 16.3. The van der Waals surface area contributed by atoms with Crippen molar-refractivity contribution in [3.63, 3.8) is 0 Å². The highest BCUT2D eigenvalue weighted by Crippen LogP contribution is 2.20. The van der Waals surface area contributed by atoms with E-state index in [-0.39, 0.29) is 6.04 Å². The van der Waals surface area contributed by atoms with Crippen molar-refractivity contribution in [3.8, 4) is 0 Å². The average molecular weight is 333 g/mol. The van der Waals surface area contributed by atoms with Crippen LogP contribution in [0, 0.1) is 6.92 Å². The summed E-state index contributed by atoms with van der Waals surface area (Å²) in [6.45, 7) is 3.31. The van der Waals surface area contributed by atoms with Gasteiger partial charge in [-0.1, -0.05) is 29.8 Å². The summed E-state index contributed by atoms with van der Waals surface area (Å²) >= 11 is 0. The van der Waals surface area contributed by atoms with E-state index in [2.05, 4.69) is 9.82 Å². The van der Waals surface area contributed by atoms with Crippen molar-refractivity contribution in [1.82, 2.24) is 9.78 Å². The predicted octanol–water partition coefficient (Wildman–Crippen LogP) is 2.57.